The maximum atomic E-state index is 2.17. The Kier molecular flexibility index (Phi) is 5.01. The maximum Gasteiger partial charge on any atom is 0.00477 e. The quantitative estimate of drug-likeness (QED) is 0.702. The van der Waals surface area contributed by atoms with E-state index in [9.17, 15) is 0 Å². The third-order valence-electron chi connectivity index (χ3n) is 2.64. The number of hydrogen-bond donors (Lipinski definition) is 0. The third kappa shape index (κ3) is 4.42. The summed E-state index contributed by atoms with van der Waals surface area (Å²) in [5.74, 6) is 0. The van der Waals surface area contributed by atoms with E-state index in [2.05, 4.69) is 67.1 Å². The van der Waals surface area contributed by atoms with Gasteiger partial charge in [-0.15, -0.1) is 0 Å². The Morgan fingerprint density at radius 3 is 2.11 bits per heavy atom. The minimum Gasteiger partial charge on any atom is -0.0835 e. The predicted molar refractivity (Wildman–Crippen MR) is 79.1 cm³/mol. The Hall–Kier alpha value is -2.08. The number of benzene rings is 2. The first-order chi connectivity index (χ1) is 8.95. The summed E-state index contributed by atoms with van der Waals surface area (Å²) in [6, 6.07) is 20.8. The van der Waals surface area contributed by atoms with Gasteiger partial charge in [-0.3, -0.25) is 0 Å². The van der Waals surface area contributed by atoms with Crippen molar-refractivity contribution in [1.82, 2.24) is 0 Å². The monoisotopic (exact) mass is 233 g/mol. The summed E-state index contributed by atoms with van der Waals surface area (Å²) in [4.78, 5) is 0. The van der Waals surface area contributed by atoms with E-state index in [1.54, 1.807) is 0 Å². The maximum absolute atomic E-state index is 2.17. The predicted octanol–water partition coefficient (Wildman–Crippen LogP) is 4.70. The molecule has 0 fully saturated rings. The van der Waals surface area contributed by atoms with Crippen LogP contribution in [-0.4, -0.2) is 0 Å². The standard InChI is InChI=1S/C18H17/c1(5-11-17-13-7-3-8-14-17)2-6-12-18-15-9-4-10-16-18/h1-11,13-16H,12H2/b6-2+,11-5+. The van der Waals surface area contributed by atoms with Gasteiger partial charge in [-0.25, -0.2) is 0 Å². The molecule has 0 aliphatic rings. The second kappa shape index (κ2) is 7.29. The first kappa shape index (κ1) is 12.4. The molecule has 0 unspecified atom stereocenters. The zero-order valence-corrected chi connectivity index (χ0v) is 10.4. The molecule has 2 aromatic rings. The van der Waals surface area contributed by atoms with Crippen molar-refractivity contribution in [1.29, 1.82) is 0 Å². The van der Waals surface area contributed by atoms with Gasteiger partial charge >= 0.3 is 0 Å². The molecule has 0 aliphatic carbocycles. The highest BCUT2D eigenvalue weighted by Crippen LogP contribution is 2.03. The number of allylic oxidation sites excluding steroid dienone is 3. The van der Waals surface area contributed by atoms with E-state index in [0.29, 0.717) is 0 Å². The molecule has 0 saturated carbocycles. The molecule has 2 rings (SSSR count). The summed E-state index contributed by atoms with van der Waals surface area (Å²) in [6.07, 6.45) is 11.5. The minimum atomic E-state index is 0.983. The van der Waals surface area contributed by atoms with Crippen LogP contribution in [0.25, 0.3) is 6.08 Å². The van der Waals surface area contributed by atoms with E-state index in [-0.39, 0.29) is 0 Å². The molecule has 0 spiro atoms. The van der Waals surface area contributed by atoms with Crippen LogP contribution in [0, 0.1) is 6.42 Å². The van der Waals surface area contributed by atoms with Crippen LogP contribution in [0.5, 0.6) is 0 Å². The van der Waals surface area contributed by atoms with Crippen molar-refractivity contribution in [3.8, 4) is 0 Å². The fourth-order valence-corrected chi connectivity index (χ4v) is 1.69. The third-order valence-corrected chi connectivity index (χ3v) is 2.64. The largest absolute Gasteiger partial charge is 0.0835 e. The molecule has 1 radical (unpaired) electrons. The van der Waals surface area contributed by atoms with E-state index in [1.807, 2.05) is 24.3 Å². The molecule has 0 nitrogen and oxygen atoms in total. The Morgan fingerprint density at radius 2 is 1.39 bits per heavy atom. The van der Waals surface area contributed by atoms with Crippen LogP contribution < -0.4 is 0 Å². The van der Waals surface area contributed by atoms with Crippen LogP contribution in [-0.2, 0) is 6.42 Å². The molecule has 0 bridgehead atoms. The molecular weight excluding hydrogens is 216 g/mol. The Labute approximate surface area is 109 Å². The lowest BCUT2D eigenvalue weighted by molar-refractivity contribution is 1.27. The average Bonchev–Trinajstić information content (AvgIpc) is 2.45. The Bertz CT molecular complexity index is 492. The molecule has 0 heterocycles. The SMILES string of the molecule is [CH](/C=C/Cc1ccccc1)/C=C/c1ccccc1. The summed E-state index contributed by atoms with van der Waals surface area (Å²) in [5.41, 5.74) is 2.57. The molecule has 0 atom stereocenters. The van der Waals surface area contributed by atoms with Crippen molar-refractivity contribution in [2.75, 3.05) is 0 Å². The lowest BCUT2D eigenvalue weighted by Gasteiger charge is -1.93. The molecule has 0 saturated heterocycles. The molecule has 18 heavy (non-hydrogen) atoms. The molecule has 0 amide bonds. The van der Waals surface area contributed by atoms with Crippen LogP contribution in [0.2, 0.25) is 0 Å². The topological polar surface area (TPSA) is 0 Å². The van der Waals surface area contributed by atoms with Crippen LogP contribution in [0.3, 0.4) is 0 Å². The lowest BCUT2D eigenvalue weighted by atomic mass is 10.1. The van der Waals surface area contributed by atoms with E-state index in [1.165, 1.54) is 11.1 Å². The zero-order chi connectivity index (χ0) is 12.5. The molecule has 0 heteroatoms. The first-order valence-corrected chi connectivity index (χ1v) is 6.21. The fraction of sp³-hybridized carbons (Fsp3) is 0.0556. The van der Waals surface area contributed by atoms with Gasteiger partial charge in [0.15, 0.2) is 0 Å². The number of hydrogen-bond acceptors (Lipinski definition) is 0. The van der Waals surface area contributed by atoms with Crippen molar-refractivity contribution in [2.24, 2.45) is 0 Å². The lowest BCUT2D eigenvalue weighted by Crippen LogP contribution is -1.78. The van der Waals surface area contributed by atoms with E-state index in [0.717, 1.165) is 6.42 Å². The summed E-state index contributed by atoms with van der Waals surface area (Å²) in [6.45, 7) is 0. The smallest absolute Gasteiger partial charge is 0.00477 e. The van der Waals surface area contributed by atoms with Crippen molar-refractivity contribution < 1.29 is 0 Å². The van der Waals surface area contributed by atoms with Gasteiger partial charge in [0.05, 0.1) is 0 Å². The summed E-state index contributed by atoms with van der Waals surface area (Å²) in [7, 11) is 0. The second-order valence-electron chi connectivity index (χ2n) is 4.08. The van der Waals surface area contributed by atoms with Crippen LogP contribution in [0.4, 0.5) is 0 Å². The van der Waals surface area contributed by atoms with Gasteiger partial charge < -0.3 is 0 Å². The van der Waals surface area contributed by atoms with Gasteiger partial charge in [-0.1, -0.05) is 85.0 Å². The Balaban J connectivity index is 1.74. The van der Waals surface area contributed by atoms with Gasteiger partial charge in [-0.2, -0.15) is 0 Å². The molecular formula is C18H17. The van der Waals surface area contributed by atoms with Gasteiger partial charge in [0.25, 0.3) is 0 Å². The highest BCUT2D eigenvalue weighted by atomic mass is 13.9. The molecule has 0 aliphatic heterocycles. The average molecular weight is 233 g/mol. The second-order valence-corrected chi connectivity index (χ2v) is 4.08. The fourth-order valence-electron chi connectivity index (χ4n) is 1.69. The van der Waals surface area contributed by atoms with Crippen molar-refractivity contribution in [2.45, 2.75) is 6.42 Å². The Morgan fingerprint density at radius 1 is 0.722 bits per heavy atom. The van der Waals surface area contributed by atoms with Gasteiger partial charge in [0.1, 0.15) is 0 Å². The zero-order valence-electron chi connectivity index (χ0n) is 10.4. The molecule has 0 aromatic heterocycles. The summed E-state index contributed by atoms with van der Waals surface area (Å²) < 4.78 is 0. The molecule has 2 aromatic carbocycles. The highest BCUT2D eigenvalue weighted by molar-refractivity contribution is 5.50. The normalized spacial score (nSPS) is 11.3. The van der Waals surface area contributed by atoms with Crippen LogP contribution in [0.1, 0.15) is 11.1 Å². The van der Waals surface area contributed by atoms with Crippen LogP contribution >= 0.6 is 0 Å². The van der Waals surface area contributed by atoms with Crippen molar-refractivity contribution >= 4 is 6.08 Å². The summed E-state index contributed by atoms with van der Waals surface area (Å²) in [5, 5.41) is 0. The van der Waals surface area contributed by atoms with E-state index in [4.69, 9.17) is 0 Å². The van der Waals surface area contributed by atoms with Gasteiger partial charge in [0.2, 0.25) is 0 Å². The van der Waals surface area contributed by atoms with E-state index >= 15 is 0 Å². The minimum absolute atomic E-state index is 0.983. The number of rotatable bonds is 5. The molecule has 0 N–H and O–H groups in total. The highest BCUT2D eigenvalue weighted by Gasteiger charge is 1.85. The molecule has 89 valence electrons. The van der Waals surface area contributed by atoms with E-state index < -0.39 is 0 Å². The van der Waals surface area contributed by atoms with Crippen molar-refractivity contribution in [3.05, 3.63) is 96.4 Å². The van der Waals surface area contributed by atoms with Crippen LogP contribution in [0.15, 0.2) is 78.9 Å². The van der Waals surface area contributed by atoms with Gasteiger partial charge in [-0.05, 0) is 17.5 Å². The van der Waals surface area contributed by atoms with Crippen molar-refractivity contribution in [3.63, 3.8) is 0 Å². The summed E-state index contributed by atoms with van der Waals surface area (Å²) >= 11 is 0. The first-order valence-electron chi connectivity index (χ1n) is 6.21. The van der Waals surface area contributed by atoms with Gasteiger partial charge in [0, 0.05) is 6.42 Å².